The van der Waals surface area contributed by atoms with Crippen LogP contribution in [0.5, 0.6) is 0 Å². The Morgan fingerprint density at radius 2 is 1.74 bits per heavy atom. The average Bonchev–Trinajstić information content (AvgIpc) is 2.70. The molecule has 0 unspecified atom stereocenters. The number of carbonyl (C=O) groups excluding carboxylic acids is 2. The largest absolute Gasteiger partial charge is 0.444 e. The molecule has 7 nitrogen and oxygen atoms in total. The Kier molecular flexibility index (Phi) is 7.59. The lowest BCUT2D eigenvalue weighted by atomic mass is 9.87. The van der Waals surface area contributed by atoms with Crippen molar-refractivity contribution in [2.24, 2.45) is 5.92 Å². The molecule has 1 aliphatic carbocycles. The van der Waals surface area contributed by atoms with Crippen LogP contribution in [0.1, 0.15) is 57.6 Å². The lowest BCUT2D eigenvalue weighted by Crippen LogP contribution is -2.49. The molecule has 1 saturated heterocycles. The van der Waals surface area contributed by atoms with Crippen LogP contribution in [-0.2, 0) is 16.1 Å². The van der Waals surface area contributed by atoms with Crippen LogP contribution in [0.2, 0.25) is 0 Å². The van der Waals surface area contributed by atoms with Gasteiger partial charge in [-0.3, -0.25) is 9.69 Å². The van der Waals surface area contributed by atoms with Crippen LogP contribution in [0.15, 0.2) is 18.2 Å². The standard InChI is InChI=1S/C24H37N3O4/c1-17-15-20(25-22(29)18-6-9-21(28)10-7-18)8-5-19(17)16-26-11-13-27(14-12-26)23(30)31-24(2,3)4/h5,8,15,18,21,28H,6-7,9-14,16H2,1-4H3,(H,25,29)/t18-,21-. The van der Waals surface area contributed by atoms with Gasteiger partial charge >= 0.3 is 6.09 Å². The number of amides is 2. The molecule has 1 aromatic rings. The van der Waals surface area contributed by atoms with Crippen molar-refractivity contribution >= 4 is 17.7 Å². The molecule has 31 heavy (non-hydrogen) atoms. The minimum Gasteiger partial charge on any atom is -0.444 e. The third kappa shape index (κ3) is 6.94. The van der Waals surface area contributed by atoms with Crippen LogP contribution in [0.4, 0.5) is 10.5 Å². The summed E-state index contributed by atoms with van der Waals surface area (Å²) in [7, 11) is 0. The number of nitrogens with zero attached hydrogens (tertiary/aromatic N) is 2. The van der Waals surface area contributed by atoms with Crippen LogP contribution in [0, 0.1) is 12.8 Å². The Labute approximate surface area is 185 Å². The third-order valence-corrected chi connectivity index (χ3v) is 6.10. The number of aryl methyl sites for hydroxylation is 1. The van der Waals surface area contributed by atoms with Crippen LogP contribution >= 0.6 is 0 Å². The van der Waals surface area contributed by atoms with Crippen molar-refractivity contribution in [2.45, 2.75) is 71.6 Å². The fraction of sp³-hybridized carbons (Fsp3) is 0.667. The van der Waals surface area contributed by atoms with Crippen LogP contribution < -0.4 is 5.32 Å². The van der Waals surface area contributed by atoms with E-state index in [-0.39, 0.29) is 24.0 Å². The molecular weight excluding hydrogens is 394 g/mol. The van der Waals surface area contributed by atoms with Crippen LogP contribution in [0.3, 0.4) is 0 Å². The molecule has 2 N–H and O–H groups in total. The summed E-state index contributed by atoms with van der Waals surface area (Å²) in [6.07, 6.45) is 2.42. The number of hydrogen-bond donors (Lipinski definition) is 2. The molecular formula is C24H37N3O4. The van der Waals surface area contributed by atoms with Crippen molar-refractivity contribution in [1.82, 2.24) is 9.80 Å². The minimum atomic E-state index is -0.471. The van der Waals surface area contributed by atoms with Gasteiger partial charge in [0.15, 0.2) is 0 Å². The number of aliphatic hydroxyl groups excluding tert-OH is 1. The van der Waals surface area contributed by atoms with Gasteiger partial charge in [0, 0.05) is 44.3 Å². The Balaban J connectivity index is 1.49. The van der Waals surface area contributed by atoms with E-state index in [1.807, 2.05) is 32.9 Å². The SMILES string of the molecule is Cc1cc(NC(=O)[C@H]2CC[C@H](O)CC2)ccc1CN1CCN(C(=O)OC(C)(C)C)CC1. The van der Waals surface area contributed by atoms with Gasteiger partial charge in [-0.15, -0.1) is 0 Å². The highest BCUT2D eigenvalue weighted by Gasteiger charge is 2.27. The van der Waals surface area contributed by atoms with E-state index in [9.17, 15) is 14.7 Å². The number of piperazine rings is 1. The van der Waals surface area contributed by atoms with Gasteiger partial charge in [-0.1, -0.05) is 6.07 Å². The number of aliphatic hydroxyl groups is 1. The van der Waals surface area contributed by atoms with Gasteiger partial charge in [-0.2, -0.15) is 0 Å². The number of benzene rings is 1. The van der Waals surface area contributed by atoms with Crippen molar-refractivity contribution < 1.29 is 19.4 Å². The molecule has 7 heteroatoms. The molecule has 0 aromatic heterocycles. The Hall–Kier alpha value is -2.12. The van der Waals surface area contributed by atoms with E-state index in [4.69, 9.17) is 4.74 Å². The first-order chi connectivity index (χ1) is 14.6. The fourth-order valence-corrected chi connectivity index (χ4v) is 4.19. The Morgan fingerprint density at radius 1 is 1.10 bits per heavy atom. The second-order valence-corrected chi connectivity index (χ2v) is 9.88. The summed E-state index contributed by atoms with van der Waals surface area (Å²) in [5, 5.41) is 12.7. The molecule has 0 atom stereocenters. The predicted octanol–water partition coefficient (Wildman–Crippen LogP) is 3.54. The molecule has 3 rings (SSSR count). The van der Waals surface area contributed by atoms with Crippen molar-refractivity contribution in [1.29, 1.82) is 0 Å². The molecule has 1 saturated carbocycles. The van der Waals surface area contributed by atoms with Crippen LogP contribution in [-0.4, -0.2) is 64.8 Å². The zero-order chi connectivity index (χ0) is 22.6. The number of rotatable bonds is 4. The van der Waals surface area contributed by atoms with E-state index in [0.717, 1.165) is 43.7 Å². The molecule has 2 fully saturated rings. The van der Waals surface area contributed by atoms with Gasteiger partial charge < -0.3 is 20.1 Å². The summed E-state index contributed by atoms with van der Waals surface area (Å²) in [5.74, 6) is 0.0435. The second-order valence-electron chi connectivity index (χ2n) is 9.88. The molecule has 2 amide bonds. The highest BCUT2D eigenvalue weighted by Crippen LogP contribution is 2.26. The number of carbonyl (C=O) groups is 2. The molecule has 2 aliphatic rings. The lowest BCUT2D eigenvalue weighted by molar-refractivity contribution is -0.121. The monoisotopic (exact) mass is 431 g/mol. The van der Waals surface area contributed by atoms with Gasteiger partial charge in [0.2, 0.25) is 5.91 Å². The first kappa shape index (κ1) is 23.5. The van der Waals surface area contributed by atoms with Gasteiger partial charge in [0.05, 0.1) is 6.10 Å². The average molecular weight is 432 g/mol. The molecule has 1 aliphatic heterocycles. The van der Waals surface area contributed by atoms with E-state index in [1.54, 1.807) is 4.90 Å². The lowest BCUT2D eigenvalue weighted by Gasteiger charge is -2.35. The topological polar surface area (TPSA) is 82.1 Å². The first-order valence-electron chi connectivity index (χ1n) is 11.4. The summed E-state index contributed by atoms with van der Waals surface area (Å²) in [5.41, 5.74) is 2.73. The number of ether oxygens (including phenoxy) is 1. The maximum Gasteiger partial charge on any atom is 0.410 e. The third-order valence-electron chi connectivity index (χ3n) is 6.10. The number of nitrogens with one attached hydrogen (secondary N) is 1. The summed E-state index contributed by atoms with van der Waals surface area (Å²) in [6.45, 7) is 11.5. The van der Waals surface area contributed by atoms with E-state index < -0.39 is 5.60 Å². The van der Waals surface area contributed by atoms with Gasteiger partial charge in [-0.25, -0.2) is 4.79 Å². The molecule has 0 radical (unpaired) electrons. The second kappa shape index (κ2) is 10.0. The van der Waals surface area contributed by atoms with Crippen molar-refractivity contribution in [3.8, 4) is 0 Å². The molecule has 1 heterocycles. The zero-order valence-electron chi connectivity index (χ0n) is 19.3. The maximum absolute atomic E-state index is 12.5. The maximum atomic E-state index is 12.5. The van der Waals surface area contributed by atoms with E-state index in [0.29, 0.717) is 25.9 Å². The molecule has 0 bridgehead atoms. The summed E-state index contributed by atoms with van der Waals surface area (Å²) >= 11 is 0. The zero-order valence-corrected chi connectivity index (χ0v) is 19.3. The summed E-state index contributed by atoms with van der Waals surface area (Å²) in [4.78, 5) is 28.9. The fourth-order valence-electron chi connectivity index (χ4n) is 4.19. The Bertz CT molecular complexity index is 774. The van der Waals surface area contributed by atoms with Crippen LogP contribution in [0.25, 0.3) is 0 Å². The quantitative estimate of drug-likeness (QED) is 0.762. The highest BCUT2D eigenvalue weighted by molar-refractivity contribution is 5.92. The predicted molar refractivity (Wildman–Crippen MR) is 121 cm³/mol. The van der Waals surface area contributed by atoms with E-state index in [1.165, 1.54) is 5.56 Å². The highest BCUT2D eigenvalue weighted by atomic mass is 16.6. The number of anilines is 1. The van der Waals surface area contributed by atoms with Crippen molar-refractivity contribution in [3.63, 3.8) is 0 Å². The summed E-state index contributed by atoms with van der Waals surface area (Å²) < 4.78 is 5.47. The van der Waals surface area contributed by atoms with Crippen molar-refractivity contribution in [2.75, 3.05) is 31.5 Å². The van der Waals surface area contributed by atoms with E-state index in [2.05, 4.69) is 23.2 Å². The van der Waals surface area contributed by atoms with Gasteiger partial charge in [-0.05, 0) is 76.6 Å². The summed E-state index contributed by atoms with van der Waals surface area (Å²) in [6, 6.07) is 6.08. The Morgan fingerprint density at radius 3 is 2.32 bits per heavy atom. The van der Waals surface area contributed by atoms with Crippen molar-refractivity contribution in [3.05, 3.63) is 29.3 Å². The first-order valence-corrected chi connectivity index (χ1v) is 11.4. The number of hydrogen-bond acceptors (Lipinski definition) is 5. The van der Waals surface area contributed by atoms with E-state index >= 15 is 0 Å². The van der Waals surface area contributed by atoms with Gasteiger partial charge in [0.1, 0.15) is 5.60 Å². The minimum absolute atomic E-state index is 0.00958. The molecule has 0 spiro atoms. The van der Waals surface area contributed by atoms with Gasteiger partial charge in [0.25, 0.3) is 0 Å². The normalized spacial score (nSPS) is 22.8. The molecule has 172 valence electrons. The smallest absolute Gasteiger partial charge is 0.410 e. The molecule has 1 aromatic carbocycles.